The molecule has 1 heterocycles. The van der Waals surface area contributed by atoms with Crippen molar-refractivity contribution in [3.05, 3.63) is 105 Å². The maximum atomic E-state index is 12.1. The third kappa shape index (κ3) is 5.64. The van der Waals surface area contributed by atoms with E-state index in [1.807, 2.05) is 6.07 Å². The number of nitro groups is 1. The number of methoxy groups -OCH3 is 2. The third-order valence-electron chi connectivity index (χ3n) is 5.78. The first kappa shape index (κ1) is 27.1. The van der Waals surface area contributed by atoms with Crippen LogP contribution < -0.4 is 44.1 Å². The fourth-order valence-corrected chi connectivity index (χ4v) is 4.11. The smallest absolute Gasteiger partial charge is 0.546 e. The standard InChI is InChI=1S/C26H24N2O7.Na/c1-33-20-13-12-18(22(15-20)34-2)14-23-27(16-19-10-6-7-11-21(19)28(31)32)24(25(35-23)26(29)30)17-8-4-3-5-9-17;/h3-15,24-25H,16H2,1-2H3,(H,29,30);/q;+1/p-1/b23-14-;/t24-,25+;/m0./s1. The summed E-state index contributed by atoms with van der Waals surface area (Å²) >= 11 is 0. The Labute approximate surface area is 230 Å². The summed E-state index contributed by atoms with van der Waals surface area (Å²) in [5, 5.41) is 23.8. The molecular weight excluding hydrogens is 475 g/mol. The van der Waals surface area contributed by atoms with Crippen molar-refractivity contribution in [2.24, 2.45) is 0 Å². The molecule has 0 N–H and O–H groups in total. The Balaban J connectivity index is 0.00000361. The molecule has 0 aromatic heterocycles. The van der Waals surface area contributed by atoms with Crippen LogP contribution in [0.15, 0.2) is 78.7 Å². The summed E-state index contributed by atoms with van der Waals surface area (Å²) in [6, 6.07) is 19.7. The van der Waals surface area contributed by atoms with Gasteiger partial charge >= 0.3 is 29.6 Å². The van der Waals surface area contributed by atoms with Gasteiger partial charge in [0.1, 0.15) is 11.5 Å². The number of ether oxygens (including phenoxy) is 3. The predicted octanol–water partition coefficient (Wildman–Crippen LogP) is 0.307. The van der Waals surface area contributed by atoms with E-state index in [0.29, 0.717) is 28.2 Å². The summed E-state index contributed by atoms with van der Waals surface area (Å²) in [6.45, 7) is 0.0325. The molecule has 10 heteroatoms. The Morgan fingerprint density at radius 1 is 1.06 bits per heavy atom. The van der Waals surface area contributed by atoms with Gasteiger partial charge in [0.15, 0.2) is 12.0 Å². The minimum atomic E-state index is -1.39. The average molecular weight is 498 g/mol. The molecule has 1 aliphatic rings. The number of carboxylic acid groups (broad SMARTS) is 1. The van der Waals surface area contributed by atoms with Gasteiger partial charge in [0.25, 0.3) is 5.69 Å². The average Bonchev–Trinajstić information content (AvgIpc) is 3.23. The molecule has 0 aliphatic carbocycles. The molecule has 3 aromatic carbocycles. The zero-order valence-corrected chi connectivity index (χ0v) is 22.1. The van der Waals surface area contributed by atoms with Crippen molar-refractivity contribution < 1.29 is 58.6 Å². The van der Waals surface area contributed by atoms with Crippen LogP contribution in [0.2, 0.25) is 0 Å². The second-order valence-electron chi connectivity index (χ2n) is 7.82. The SMILES string of the molecule is COc1ccc(/C=C2\O[C@@H](C(=O)[O-])[C@H](c3ccccc3)N2Cc2ccccc2[N+](=O)[O-])c(OC)c1.[Na+]. The molecule has 4 rings (SSSR count). The number of hydrogen-bond donors (Lipinski definition) is 0. The molecule has 0 unspecified atom stereocenters. The first-order chi connectivity index (χ1) is 16.9. The van der Waals surface area contributed by atoms with E-state index in [0.717, 1.165) is 0 Å². The van der Waals surface area contributed by atoms with E-state index in [9.17, 15) is 20.0 Å². The number of rotatable bonds is 8. The van der Waals surface area contributed by atoms with Gasteiger partial charge in [-0.3, -0.25) is 10.1 Å². The Bertz CT molecular complexity index is 1270. The van der Waals surface area contributed by atoms with Crippen LogP contribution in [-0.4, -0.2) is 36.1 Å². The number of carbonyl (C=O) groups excluding carboxylic acids is 1. The molecule has 2 atom stereocenters. The number of carboxylic acids is 1. The van der Waals surface area contributed by atoms with E-state index >= 15 is 0 Å². The van der Waals surface area contributed by atoms with Crippen molar-refractivity contribution in [2.75, 3.05) is 14.2 Å². The van der Waals surface area contributed by atoms with Crippen molar-refractivity contribution in [1.82, 2.24) is 4.90 Å². The fourth-order valence-electron chi connectivity index (χ4n) is 4.11. The van der Waals surface area contributed by atoms with Crippen LogP contribution in [-0.2, 0) is 16.1 Å². The van der Waals surface area contributed by atoms with E-state index in [1.165, 1.54) is 20.3 Å². The molecule has 180 valence electrons. The van der Waals surface area contributed by atoms with Crippen LogP contribution in [0.3, 0.4) is 0 Å². The van der Waals surface area contributed by atoms with Gasteiger partial charge in [-0.2, -0.15) is 0 Å². The molecule has 0 amide bonds. The van der Waals surface area contributed by atoms with E-state index in [-0.39, 0.29) is 47.7 Å². The van der Waals surface area contributed by atoms with E-state index in [2.05, 4.69) is 0 Å². The molecular formula is C26H23N2NaO7. The molecule has 1 fully saturated rings. The molecule has 9 nitrogen and oxygen atoms in total. The number of carbonyl (C=O) groups is 1. The van der Waals surface area contributed by atoms with Crippen molar-refractivity contribution in [2.45, 2.75) is 18.7 Å². The van der Waals surface area contributed by atoms with Crippen LogP contribution in [0.5, 0.6) is 11.5 Å². The largest absolute Gasteiger partial charge is 1.00 e. The van der Waals surface area contributed by atoms with E-state index in [4.69, 9.17) is 14.2 Å². The van der Waals surface area contributed by atoms with Gasteiger partial charge in [-0.05, 0) is 17.7 Å². The van der Waals surface area contributed by atoms with E-state index < -0.39 is 23.0 Å². The maximum absolute atomic E-state index is 12.1. The first-order valence-corrected chi connectivity index (χ1v) is 10.8. The summed E-state index contributed by atoms with van der Waals surface area (Å²) in [7, 11) is 3.05. The quantitative estimate of drug-likeness (QED) is 0.248. The molecule has 1 saturated heterocycles. The Morgan fingerprint density at radius 2 is 1.75 bits per heavy atom. The van der Waals surface area contributed by atoms with Crippen LogP contribution in [0.25, 0.3) is 6.08 Å². The normalized spacial score (nSPS) is 17.7. The Kier molecular flexibility index (Phi) is 8.98. The van der Waals surface area contributed by atoms with Gasteiger partial charge in [-0.1, -0.05) is 48.5 Å². The monoisotopic (exact) mass is 498 g/mol. The van der Waals surface area contributed by atoms with Crippen LogP contribution in [0, 0.1) is 10.1 Å². The minimum absolute atomic E-state index is 0. The Morgan fingerprint density at radius 3 is 2.39 bits per heavy atom. The fraction of sp³-hybridized carbons (Fsp3) is 0.192. The van der Waals surface area contributed by atoms with Crippen LogP contribution >= 0.6 is 0 Å². The number of para-hydroxylation sites is 1. The second-order valence-corrected chi connectivity index (χ2v) is 7.82. The van der Waals surface area contributed by atoms with Crippen molar-refractivity contribution in [1.29, 1.82) is 0 Å². The van der Waals surface area contributed by atoms with Gasteiger partial charge in [0, 0.05) is 29.3 Å². The van der Waals surface area contributed by atoms with Gasteiger partial charge < -0.3 is 29.0 Å². The number of benzene rings is 3. The van der Waals surface area contributed by atoms with Crippen molar-refractivity contribution >= 4 is 17.7 Å². The summed E-state index contributed by atoms with van der Waals surface area (Å²) in [4.78, 5) is 25.0. The van der Waals surface area contributed by atoms with Crippen molar-refractivity contribution in [3.63, 3.8) is 0 Å². The van der Waals surface area contributed by atoms with Gasteiger partial charge in [-0.15, -0.1) is 0 Å². The third-order valence-corrected chi connectivity index (χ3v) is 5.78. The molecule has 1 aliphatic heterocycles. The Hall–Kier alpha value is -3.53. The first-order valence-electron chi connectivity index (χ1n) is 10.8. The molecule has 0 saturated carbocycles. The summed E-state index contributed by atoms with van der Waals surface area (Å²) in [6.07, 6.45) is 0.307. The molecule has 3 aromatic rings. The maximum Gasteiger partial charge on any atom is 1.00 e. The van der Waals surface area contributed by atoms with Gasteiger partial charge in [0.05, 0.1) is 37.7 Å². The zero-order chi connectivity index (χ0) is 24.9. The molecule has 36 heavy (non-hydrogen) atoms. The second kappa shape index (κ2) is 11.9. The summed E-state index contributed by atoms with van der Waals surface area (Å²) in [5.74, 6) is -0.103. The van der Waals surface area contributed by atoms with Gasteiger partial charge in [0.2, 0.25) is 0 Å². The minimum Gasteiger partial charge on any atom is -0.546 e. The van der Waals surface area contributed by atoms with Gasteiger partial charge in [-0.25, -0.2) is 0 Å². The summed E-state index contributed by atoms with van der Waals surface area (Å²) < 4.78 is 16.6. The zero-order valence-electron chi connectivity index (χ0n) is 20.1. The molecule has 0 radical (unpaired) electrons. The summed E-state index contributed by atoms with van der Waals surface area (Å²) in [5.41, 5.74) is 1.62. The predicted molar refractivity (Wildman–Crippen MR) is 125 cm³/mol. The van der Waals surface area contributed by atoms with Crippen LogP contribution in [0.4, 0.5) is 5.69 Å². The van der Waals surface area contributed by atoms with Crippen LogP contribution in [0.1, 0.15) is 22.7 Å². The topological polar surface area (TPSA) is 114 Å². The number of nitro benzene ring substituents is 1. The van der Waals surface area contributed by atoms with E-state index in [1.54, 1.807) is 71.6 Å². The van der Waals surface area contributed by atoms with Crippen molar-refractivity contribution in [3.8, 4) is 11.5 Å². The molecule has 0 bridgehead atoms. The number of aliphatic carboxylic acids is 1. The number of hydrogen-bond acceptors (Lipinski definition) is 8. The molecule has 0 spiro atoms. The number of nitrogens with zero attached hydrogens (tertiary/aromatic N) is 2.